The fourth-order valence-electron chi connectivity index (χ4n) is 2.61. The van der Waals surface area contributed by atoms with Crippen LogP contribution >= 0.6 is 0 Å². The third-order valence-corrected chi connectivity index (χ3v) is 3.67. The van der Waals surface area contributed by atoms with Crippen LogP contribution in [0.4, 0.5) is 5.82 Å². The van der Waals surface area contributed by atoms with Crippen LogP contribution in [0.5, 0.6) is 0 Å². The van der Waals surface area contributed by atoms with E-state index < -0.39 is 0 Å². The minimum atomic E-state index is 0.647. The Morgan fingerprint density at radius 1 is 1.37 bits per heavy atom. The number of anilines is 1. The first-order valence-corrected chi connectivity index (χ1v) is 7.01. The largest absolute Gasteiger partial charge is 0.353 e. The SMILES string of the molecule is CCCNC1CCN(c2nccn3cnnc23)CC1. The summed E-state index contributed by atoms with van der Waals surface area (Å²) in [6.45, 7) is 5.38. The summed E-state index contributed by atoms with van der Waals surface area (Å²) in [6, 6.07) is 0.647. The highest BCUT2D eigenvalue weighted by Gasteiger charge is 2.21. The molecule has 0 saturated carbocycles. The van der Waals surface area contributed by atoms with Gasteiger partial charge in [0.05, 0.1) is 0 Å². The van der Waals surface area contributed by atoms with Crippen molar-refractivity contribution in [3.05, 3.63) is 18.7 Å². The van der Waals surface area contributed by atoms with E-state index in [1.165, 1.54) is 6.42 Å². The summed E-state index contributed by atoms with van der Waals surface area (Å²) in [5.41, 5.74) is 0.850. The first-order valence-electron chi connectivity index (χ1n) is 7.01. The van der Waals surface area contributed by atoms with Crippen molar-refractivity contribution in [1.82, 2.24) is 24.9 Å². The lowest BCUT2D eigenvalue weighted by molar-refractivity contribution is 0.415. The normalized spacial score (nSPS) is 17.2. The van der Waals surface area contributed by atoms with Crippen LogP contribution in [0.3, 0.4) is 0 Å². The van der Waals surface area contributed by atoms with Gasteiger partial charge in [0.1, 0.15) is 6.33 Å². The van der Waals surface area contributed by atoms with Gasteiger partial charge in [-0.15, -0.1) is 10.2 Å². The molecule has 0 bridgehead atoms. The third-order valence-electron chi connectivity index (χ3n) is 3.67. The monoisotopic (exact) mass is 260 g/mol. The second-order valence-electron chi connectivity index (χ2n) is 5.03. The van der Waals surface area contributed by atoms with Gasteiger partial charge >= 0.3 is 0 Å². The lowest BCUT2D eigenvalue weighted by Crippen LogP contribution is -2.43. The van der Waals surface area contributed by atoms with E-state index in [9.17, 15) is 0 Å². The number of fused-ring (bicyclic) bond motifs is 1. The maximum absolute atomic E-state index is 4.47. The molecule has 102 valence electrons. The molecule has 3 heterocycles. The molecule has 1 saturated heterocycles. The molecule has 1 aliphatic rings. The number of aromatic nitrogens is 4. The standard InChI is InChI=1S/C13H20N6/c1-2-5-14-11-3-7-18(8-4-11)12-13-17-16-10-19(13)9-6-15-12/h6,9-11,14H,2-5,7-8H2,1H3. The number of rotatable bonds is 4. The highest BCUT2D eigenvalue weighted by Crippen LogP contribution is 2.20. The summed E-state index contributed by atoms with van der Waals surface area (Å²) in [7, 11) is 0. The van der Waals surface area contributed by atoms with Crippen LogP contribution in [0.25, 0.3) is 5.65 Å². The zero-order chi connectivity index (χ0) is 13.1. The molecule has 6 heteroatoms. The van der Waals surface area contributed by atoms with E-state index in [0.717, 1.165) is 43.9 Å². The highest BCUT2D eigenvalue weighted by atomic mass is 15.3. The molecule has 0 atom stereocenters. The van der Waals surface area contributed by atoms with Crippen molar-refractivity contribution in [3.63, 3.8) is 0 Å². The first kappa shape index (κ1) is 12.3. The number of nitrogens with one attached hydrogen (secondary N) is 1. The minimum absolute atomic E-state index is 0.647. The fourth-order valence-corrected chi connectivity index (χ4v) is 2.61. The smallest absolute Gasteiger partial charge is 0.203 e. The molecule has 19 heavy (non-hydrogen) atoms. The number of hydrogen-bond donors (Lipinski definition) is 1. The third kappa shape index (κ3) is 2.53. The van der Waals surface area contributed by atoms with Gasteiger partial charge in [-0.3, -0.25) is 4.40 Å². The van der Waals surface area contributed by atoms with Gasteiger partial charge in [-0.25, -0.2) is 4.98 Å². The molecule has 2 aromatic rings. The Morgan fingerprint density at radius 2 is 2.21 bits per heavy atom. The van der Waals surface area contributed by atoms with E-state index in [-0.39, 0.29) is 0 Å². The Hall–Kier alpha value is -1.69. The molecule has 1 aliphatic heterocycles. The zero-order valence-corrected chi connectivity index (χ0v) is 11.3. The van der Waals surface area contributed by atoms with E-state index >= 15 is 0 Å². The Morgan fingerprint density at radius 3 is 3.00 bits per heavy atom. The molecule has 0 aliphatic carbocycles. The summed E-state index contributed by atoms with van der Waals surface area (Å²) in [4.78, 5) is 6.79. The van der Waals surface area contributed by atoms with Crippen LogP contribution in [0.2, 0.25) is 0 Å². The van der Waals surface area contributed by atoms with Gasteiger partial charge in [-0.05, 0) is 25.8 Å². The second-order valence-corrected chi connectivity index (χ2v) is 5.03. The average Bonchev–Trinajstić information content (AvgIpc) is 2.94. The van der Waals surface area contributed by atoms with Gasteiger partial charge in [-0.1, -0.05) is 6.92 Å². The van der Waals surface area contributed by atoms with Crippen LogP contribution in [0, 0.1) is 0 Å². The highest BCUT2D eigenvalue weighted by molar-refractivity contribution is 5.63. The lowest BCUT2D eigenvalue weighted by Gasteiger charge is -2.33. The molecule has 0 amide bonds. The van der Waals surface area contributed by atoms with Gasteiger partial charge in [0, 0.05) is 31.5 Å². The number of piperidine rings is 1. The van der Waals surface area contributed by atoms with E-state index in [1.807, 2.05) is 16.8 Å². The van der Waals surface area contributed by atoms with Crippen molar-refractivity contribution < 1.29 is 0 Å². The minimum Gasteiger partial charge on any atom is -0.353 e. The van der Waals surface area contributed by atoms with Crippen molar-refractivity contribution in [2.75, 3.05) is 24.5 Å². The molecular formula is C13H20N6. The van der Waals surface area contributed by atoms with Gasteiger partial charge < -0.3 is 10.2 Å². The van der Waals surface area contributed by atoms with Crippen LogP contribution in [0.1, 0.15) is 26.2 Å². The van der Waals surface area contributed by atoms with Crippen LogP contribution in [-0.4, -0.2) is 45.3 Å². The molecule has 0 aromatic carbocycles. The molecule has 0 radical (unpaired) electrons. The summed E-state index contributed by atoms with van der Waals surface area (Å²) in [5, 5.41) is 11.7. The predicted octanol–water partition coefficient (Wildman–Crippen LogP) is 1.09. The topological polar surface area (TPSA) is 58.4 Å². The Bertz CT molecular complexity index is 529. The Labute approximate surface area is 112 Å². The molecule has 6 nitrogen and oxygen atoms in total. The average molecular weight is 260 g/mol. The van der Waals surface area contributed by atoms with E-state index in [4.69, 9.17) is 0 Å². The van der Waals surface area contributed by atoms with Crippen molar-refractivity contribution in [1.29, 1.82) is 0 Å². The maximum atomic E-state index is 4.47. The predicted molar refractivity (Wildman–Crippen MR) is 74.3 cm³/mol. The van der Waals surface area contributed by atoms with Crippen LogP contribution in [0.15, 0.2) is 18.7 Å². The summed E-state index contributed by atoms with van der Waals surface area (Å²) >= 11 is 0. The molecule has 0 spiro atoms. The van der Waals surface area contributed by atoms with Crippen molar-refractivity contribution in [2.45, 2.75) is 32.2 Å². The summed E-state index contributed by atoms with van der Waals surface area (Å²) in [5.74, 6) is 0.953. The second kappa shape index (κ2) is 5.52. The quantitative estimate of drug-likeness (QED) is 0.892. The molecule has 0 unspecified atom stereocenters. The first-order chi connectivity index (χ1) is 9.38. The number of nitrogens with zero attached hydrogens (tertiary/aromatic N) is 5. The van der Waals surface area contributed by atoms with Gasteiger partial charge in [0.25, 0.3) is 0 Å². The van der Waals surface area contributed by atoms with Crippen molar-refractivity contribution in [3.8, 4) is 0 Å². The molecular weight excluding hydrogens is 240 g/mol. The van der Waals surface area contributed by atoms with Crippen molar-refractivity contribution >= 4 is 11.5 Å². The maximum Gasteiger partial charge on any atom is 0.203 e. The van der Waals surface area contributed by atoms with Gasteiger partial charge in [0.2, 0.25) is 5.65 Å². The molecule has 2 aromatic heterocycles. The van der Waals surface area contributed by atoms with Gasteiger partial charge in [-0.2, -0.15) is 0 Å². The van der Waals surface area contributed by atoms with Crippen molar-refractivity contribution in [2.24, 2.45) is 0 Å². The molecule has 1 N–H and O–H groups in total. The zero-order valence-electron chi connectivity index (χ0n) is 11.3. The van der Waals surface area contributed by atoms with Gasteiger partial charge in [0.15, 0.2) is 5.82 Å². The Kier molecular flexibility index (Phi) is 3.59. The molecule has 3 rings (SSSR count). The van der Waals surface area contributed by atoms with Crippen LogP contribution < -0.4 is 10.2 Å². The lowest BCUT2D eigenvalue weighted by atomic mass is 10.1. The summed E-state index contributed by atoms with van der Waals surface area (Å²) < 4.78 is 1.92. The summed E-state index contributed by atoms with van der Waals surface area (Å²) in [6.07, 6.45) is 8.94. The Balaban J connectivity index is 1.69. The van der Waals surface area contributed by atoms with E-state index in [1.54, 1.807) is 6.33 Å². The molecule has 1 fully saturated rings. The van der Waals surface area contributed by atoms with E-state index in [2.05, 4.69) is 32.3 Å². The number of hydrogen-bond acceptors (Lipinski definition) is 5. The van der Waals surface area contributed by atoms with Crippen LogP contribution in [-0.2, 0) is 0 Å². The fraction of sp³-hybridized carbons (Fsp3) is 0.615. The van der Waals surface area contributed by atoms with E-state index in [0.29, 0.717) is 6.04 Å².